The highest BCUT2D eigenvalue weighted by Gasteiger charge is 2.15. The Bertz CT molecular complexity index is 445. The van der Waals surface area contributed by atoms with Gasteiger partial charge in [-0.3, -0.25) is 0 Å². The third kappa shape index (κ3) is 3.88. The van der Waals surface area contributed by atoms with Gasteiger partial charge < -0.3 is 5.32 Å². The molecule has 1 aromatic carbocycles. The van der Waals surface area contributed by atoms with Crippen molar-refractivity contribution < 1.29 is 8.42 Å². The Morgan fingerprint density at radius 2 is 2.12 bits per heavy atom. The van der Waals surface area contributed by atoms with Crippen molar-refractivity contribution in [2.24, 2.45) is 0 Å². The lowest BCUT2D eigenvalue weighted by atomic mass is 10.3. The van der Waals surface area contributed by atoms with Crippen LogP contribution in [-0.2, 0) is 9.84 Å². The fourth-order valence-corrected chi connectivity index (χ4v) is 3.30. The Balaban J connectivity index is 2.78. The topological polar surface area (TPSA) is 46.2 Å². The van der Waals surface area contributed by atoms with Gasteiger partial charge in [-0.05, 0) is 38.6 Å². The van der Waals surface area contributed by atoms with Gasteiger partial charge in [0.15, 0.2) is 9.84 Å². The van der Waals surface area contributed by atoms with Gasteiger partial charge in [0.2, 0.25) is 0 Å². The second kappa shape index (κ2) is 5.80. The monoisotopic (exact) mass is 305 g/mol. The highest BCUT2D eigenvalue weighted by molar-refractivity contribution is 9.10. The molecule has 90 valence electrons. The quantitative estimate of drug-likeness (QED) is 0.907. The van der Waals surface area contributed by atoms with Gasteiger partial charge in [-0.25, -0.2) is 8.42 Å². The number of benzene rings is 1. The molecule has 0 saturated heterocycles. The van der Waals surface area contributed by atoms with Crippen LogP contribution in [0.1, 0.15) is 13.3 Å². The zero-order valence-corrected chi connectivity index (χ0v) is 11.8. The molecule has 0 spiro atoms. The summed E-state index contributed by atoms with van der Waals surface area (Å²) in [6, 6.07) is 7.03. The summed E-state index contributed by atoms with van der Waals surface area (Å²) in [5.41, 5.74) is 0. The van der Waals surface area contributed by atoms with Crippen LogP contribution in [0.25, 0.3) is 0 Å². The van der Waals surface area contributed by atoms with Crippen molar-refractivity contribution in [3.05, 3.63) is 28.7 Å². The van der Waals surface area contributed by atoms with E-state index < -0.39 is 9.84 Å². The molecule has 0 aliphatic carbocycles. The van der Waals surface area contributed by atoms with Crippen LogP contribution < -0.4 is 5.32 Å². The number of hydrogen-bond donors (Lipinski definition) is 1. The first-order valence-electron chi connectivity index (χ1n) is 5.11. The van der Waals surface area contributed by atoms with Gasteiger partial charge in [0.25, 0.3) is 0 Å². The van der Waals surface area contributed by atoms with Gasteiger partial charge in [-0.2, -0.15) is 0 Å². The average Bonchev–Trinajstić information content (AvgIpc) is 2.26. The Hall–Kier alpha value is -0.390. The van der Waals surface area contributed by atoms with E-state index in [-0.39, 0.29) is 11.8 Å². The minimum absolute atomic E-state index is 0.172. The zero-order chi connectivity index (χ0) is 12.2. The van der Waals surface area contributed by atoms with E-state index in [2.05, 4.69) is 21.2 Å². The van der Waals surface area contributed by atoms with Gasteiger partial charge in [-0.1, -0.05) is 22.0 Å². The lowest BCUT2D eigenvalue weighted by molar-refractivity contribution is 0.565. The lowest BCUT2D eigenvalue weighted by Gasteiger charge is -2.10. The predicted octanol–water partition coefficient (Wildman–Crippen LogP) is 2.22. The standard InChI is InChI=1S/C11H16BrNO2S/c1-9(13-2)6-7-16(14,15)11-5-3-4-10(12)8-11/h3-5,8-9,13H,6-7H2,1-2H3. The Morgan fingerprint density at radius 3 is 2.69 bits per heavy atom. The fourth-order valence-electron chi connectivity index (χ4n) is 1.25. The number of rotatable bonds is 5. The maximum absolute atomic E-state index is 12.0. The van der Waals surface area contributed by atoms with Crippen LogP contribution in [0, 0.1) is 0 Å². The summed E-state index contributed by atoms with van der Waals surface area (Å²) in [4.78, 5) is 0.380. The fraction of sp³-hybridized carbons (Fsp3) is 0.455. The number of halogens is 1. The molecule has 0 heterocycles. The van der Waals surface area contributed by atoms with Crippen LogP contribution in [0.5, 0.6) is 0 Å². The molecular formula is C11H16BrNO2S. The second-order valence-electron chi connectivity index (χ2n) is 3.75. The van der Waals surface area contributed by atoms with Crippen LogP contribution in [0.4, 0.5) is 0 Å². The molecule has 1 atom stereocenters. The highest BCUT2D eigenvalue weighted by Crippen LogP contribution is 2.18. The molecule has 1 unspecified atom stereocenters. The molecule has 0 aromatic heterocycles. The normalized spacial score (nSPS) is 13.7. The molecule has 1 rings (SSSR count). The first-order chi connectivity index (χ1) is 7.45. The molecule has 0 aliphatic heterocycles. The predicted molar refractivity (Wildman–Crippen MR) is 69.3 cm³/mol. The average molecular weight is 306 g/mol. The molecule has 0 saturated carbocycles. The van der Waals surface area contributed by atoms with Crippen molar-refractivity contribution in [2.75, 3.05) is 12.8 Å². The molecule has 16 heavy (non-hydrogen) atoms. The van der Waals surface area contributed by atoms with E-state index in [9.17, 15) is 8.42 Å². The van der Waals surface area contributed by atoms with Crippen molar-refractivity contribution in [2.45, 2.75) is 24.3 Å². The number of nitrogens with one attached hydrogen (secondary N) is 1. The lowest BCUT2D eigenvalue weighted by Crippen LogP contribution is -2.24. The van der Waals surface area contributed by atoms with Crippen molar-refractivity contribution in [1.82, 2.24) is 5.32 Å². The summed E-state index contributed by atoms with van der Waals surface area (Å²) in [6.07, 6.45) is 0.616. The molecule has 3 nitrogen and oxygen atoms in total. The van der Waals surface area contributed by atoms with Crippen molar-refractivity contribution in [3.8, 4) is 0 Å². The van der Waals surface area contributed by atoms with E-state index in [1.807, 2.05) is 20.0 Å². The number of sulfone groups is 1. The van der Waals surface area contributed by atoms with Gasteiger partial charge in [0, 0.05) is 10.5 Å². The summed E-state index contributed by atoms with van der Waals surface area (Å²) in [6.45, 7) is 1.97. The minimum Gasteiger partial charge on any atom is -0.317 e. The molecule has 0 fully saturated rings. The molecule has 1 N–H and O–H groups in total. The summed E-state index contributed by atoms with van der Waals surface area (Å²) in [5.74, 6) is 0.172. The maximum atomic E-state index is 12.0. The first-order valence-corrected chi connectivity index (χ1v) is 7.56. The summed E-state index contributed by atoms with van der Waals surface area (Å²) in [5, 5.41) is 3.03. The molecule has 0 radical (unpaired) electrons. The minimum atomic E-state index is -3.16. The van der Waals surface area contributed by atoms with E-state index in [0.717, 1.165) is 4.47 Å². The van der Waals surface area contributed by atoms with Crippen LogP contribution in [-0.4, -0.2) is 27.3 Å². The SMILES string of the molecule is CNC(C)CCS(=O)(=O)c1cccc(Br)c1. The third-order valence-electron chi connectivity index (χ3n) is 2.47. The summed E-state index contributed by atoms with van der Waals surface area (Å²) in [7, 11) is -1.33. The summed E-state index contributed by atoms with van der Waals surface area (Å²) < 4.78 is 24.7. The molecule has 1 aromatic rings. The van der Waals surface area contributed by atoms with E-state index in [1.54, 1.807) is 18.2 Å². The van der Waals surface area contributed by atoms with Crippen molar-refractivity contribution in [3.63, 3.8) is 0 Å². The van der Waals surface area contributed by atoms with Gasteiger partial charge in [0.05, 0.1) is 10.6 Å². The smallest absolute Gasteiger partial charge is 0.178 e. The van der Waals surface area contributed by atoms with Crippen LogP contribution in [0.3, 0.4) is 0 Å². The largest absolute Gasteiger partial charge is 0.317 e. The van der Waals surface area contributed by atoms with E-state index >= 15 is 0 Å². The molecule has 0 amide bonds. The highest BCUT2D eigenvalue weighted by atomic mass is 79.9. The van der Waals surface area contributed by atoms with Gasteiger partial charge >= 0.3 is 0 Å². The van der Waals surface area contributed by atoms with E-state index in [0.29, 0.717) is 11.3 Å². The van der Waals surface area contributed by atoms with Gasteiger partial charge in [0.1, 0.15) is 0 Å². The van der Waals surface area contributed by atoms with Gasteiger partial charge in [-0.15, -0.1) is 0 Å². The van der Waals surface area contributed by atoms with Crippen LogP contribution >= 0.6 is 15.9 Å². The maximum Gasteiger partial charge on any atom is 0.178 e. The van der Waals surface area contributed by atoms with Crippen LogP contribution in [0.2, 0.25) is 0 Å². The summed E-state index contributed by atoms with van der Waals surface area (Å²) >= 11 is 3.27. The number of hydrogen-bond acceptors (Lipinski definition) is 3. The van der Waals surface area contributed by atoms with Crippen LogP contribution in [0.15, 0.2) is 33.6 Å². The molecule has 0 aliphatic rings. The van der Waals surface area contributed by atoms with Crippen molar-refractivity contribution in [1.29, 1.82) is 0 Å². The first kappa shape index (κ1) is 13.7. The Labute approximate surface area is 105 Å². The Morgan fingerprint density at radius 1 is 1.44 bits per heavy atom. The zero-order valence-electron chi connectivity index (χ0n) is 9.40. The molecule has 0 bridgehead atoms. The second-order valence-corrected chi connectivity index (χ2v) is 6.78. The van der Waals surface area contributed by atoms with E-state index in [1.165, 1.54) is 0 Å². The third-order valence-corrected chi connectivity index (χ3v) is 4.71. The molecule has 5 heteroatoms. The van der Waals surface area contributed by atoms with Crippen molar-refractivity contribution >= 4 is 25.8 Å². The molecular weight excluding hydrogens is 290 g/mol. The van der Waals surface area contributed by atoms with E-state index in [4.69, 9.17) is 0 Å². The Kier molecular flexibility index (Phi) is 4.95.